The first-order chi connectivity index (χ1) is 13.7. The summed E-state index contributed by atoms with van der Waals surface area (Å²) in [6.07, 6.45) is 0.865. The van der Waals surface area contributed by atoms with Crippen LogP contribution in [0, 0.1) is 5.92 Å². The van der Waals surface area contributed by atoms with E-state index in [1.165, 1.54) is 10.8 Å². The molecular weight excluding hydrogens is 394 g/mol. The molecule has 0 fully saturated rings. The second kappa shape index (κ2) is 9.91. The first-order valence-corrected chi connectivity index (χ1v) is 9.85. The number of hydrogen-bond donors (Lipinski definition) is 2. The second-order valence-corrected chi connectivity index (χ2v) is 7.77. The lowest BCUT2D eigenvalue weighted by Crippen LogP contribution is -2.43. The molecule has 0 saturated heterocycles. The Balaban J connectivity index is 2.59. The number of aryl methyl sites for hydroxylation is 1. The fourth-order valence-electron chi connectivity index (χ4n) is 2.98. The highest BCUT2D eigenvalue weighted by Crippen LogP contribution is 2.23. The number of anilines is 1. The van der Waals surface area contributed by atoms with Gasteiger partial charge >= 0.3 is 5.69 Å². The Morgan fingerprint density at radius 2 is 1.86 bits per heavy atom. The maximum absolute atomic E-state index is 13.1. The fraction of sp³-hybridized carbons (Fsp3) is 0.429. The lowest BCUT2D eigenvalue weighted by molar-refractivity contribution is 0.157. The minimum Gasteiger partial charge on any atom is -0.396 e. The summed E-state index contributed by atoms with van der Waals surface area (Å²) in [6.45, 7) is 7.98. The fourth-order valence-corrected chi connectivity index (χ4v) is 3.10. The Labute approximate surface area is 175 Å². The molecule has 0 aliphatic carbocycles. The molecule has 2 rings (SSSR count). The van der Waals surface area contributed by atoms with Gasteiger partial charge in [-0.1, -0.05) is 44.2 Å². The van der Waals surface area contributed by atoms with Crippen LogP contribution in [0.1, 0.15) is 25.8 Å². The van der Waals surface area contributed by atoms with Gasteiger partial charge in [0.05, 0.1) is 6.10 Å². The van der Waals surface area contributed by atoms with Crippen molar-refractivity contribution in [2.24, 2.45) is 13.0 Å². The molecule has 1 heterocycles. The van der Waals surface area contributed by atoms with Crippen LogP contribution < -0.4 is 16.1 Å². The van der Waals surface area contributed by atoms with Gasteiger partial charge in [0.2, 0.25) is 0 Å². The molecule has 8 heteroatoms. The lowest BCUT2D eigenvalue weighted by atomic mass is 10.0. The third-order valence-electron chi connectivity index (χ3n) is 4.72. The number of aliphatic hydroxyl groups excluding tert-OH is 2. The number of aromatic nitrogens is 2. The molecular formula is C21H28ClN3O4. The summed E-state index contributed by atoms with van der Waals surface area (Å²) in [5, 5.41) is 20.3. The number of aliphatic hydroxyl groups is 2. The van der Waals surface area contributed by atoms with E-state index < -0.39 is 17.4 Å². The van der Waals surface area contributed by atoms with Gasteiger partial charge in [-0.2, -0.15) is 0 Å². The van der Waals surface area contributed by atoms with E-state index in [4.69, 9.17) is 16.7 Å². The average molecular weight is 422 g/mol. The van der Waals surface area contributed by atoms with Crippen molar-refractivity contribution in [3.63, 3.8) is 0 Å². The molecule has 1 aromatic heterocycles. The average Bonchev–Trinajstić information content (AvgIpc) is 2.69. The van der Waals surface area contributed by atoms with Crippen LogP contribution in [-0.4, -0.2) is 32.1 Å². The first-order valence-electron chi connectivity index (χ1n) is 9.47. The van der Waals surface area contributed by atoms with Crippen molar-refractivity contribution in [3.8, 4) is 0 Å². The number of hydrogen-bond acceptors (Lipinski definition) is 5. The van der Waals surface area contributed by atoms with Gasteiger partial charge in [0, 0.05) is 43.7 Å². The second-order valence-electron chi connectivity index (χ2n) is 7.33. The summed E-state index contributed by atoms with van der Waals surface area (Å²) in [5.41, 5.74) is 0.493. The van der Waals surface area contributed by atoms with Gasteiger partial charge < -0.3 is 19.7 Å². The quantitative estimate of drug-likeness (QED) is 0.647. The van der Waals surface area contributed by atoms with E-state index in [9.17, 15) is 14.7 Å². The number of rotatable bonds is 9. The Morgan fingerprint density at radius 3 is 2.41 bits per heavy atom. The molecule has 7 nitrogen and oxygen atoms in total. The van der Waals surface area contributed by atoms with E-state index in [0.29, 0.717) is 10.7 Å². The van der Waals surface area contributed by atoms with Crippen LogP contribution in [0.25, 0.3) is 0 Å². The van der Waals surface area contributed by atoms with E-state index in [1.807, 2.05) is 26.0 Å². The van der Waals surface area contributed by atoms with Crippen LogP contribution in [-0.2, 0) is 20.1 Å². The summed E-state index contributed by atoms with van der Waals surface area (Å²) in [5.74, 6) is -0.112. The third kappa shape index (κ3) is 5.38. The molecule has 0 aliphatic heterocycles. The number of nitrogens with zero attached hydrogens (tertiary/aromatic N) is 3. The molecule has 158 valence electrons. The van der Waals surface area contributed by atoms with Gasteiger partial charge in [-0.3, -0.25) is 9.36 Å². The van der Waals surface area contributed by atoms with Crippen LogP contribution in [0.5, 0.6) is 0 Å². The Hall–Kier alpha value is -2.35. The van der Waals surface area contributed by atoms with Crippen molar-refractivity contribution in [1.29, 1.82) is 0 Å². The maximum Gasteiger partial charge on any atom is 0.330 e. The molecule has 0 spiro atoms. The highest BCUT2D eigenvalue weighted by molar-refractivity contribution is 6.30. The Morgan fingerprint density at radius 1 is 1.24 bits per heavy atom. The molecule has 2 aromatic rings. The van der Waals surface area contributed by atoms with Crippen LogP contribution in [0.2, 0.25) is 5.02 Å². The predicted molar refractivity (Wildman–Crippen MR) is 115 cm³/mol. The van der Waals surface area contributed by atoms with Crippen LogP contribution in [0.4, 0.5) is 5.69 Å². The standard InChI is InChI=1S/C21H28ClN3O4/c1-14(2)19(27)15(3)25(12-16-6-8-17(22)9-7-16)18-13-23(4)21(29)24(20(18)28)10-5-11-26/h6-9,13-14,19,26-27H,3,5,10-12H2,1-2,4H3. The Kier molecular flexibility index (Phi) is 7.84. The molecule has 0 radical (unpaired) electrons. The molecule has 0 bridgehead atoms. The predicted octanol–water partition coefficient (Wildman–Crippen LogP) is 2.12. The molecule has 1 atom stereocenters. The zero-order valence-corrected chi connectivity index (χ0v) is 17.8. The van der Waals surface area contributed by atoms with E-state index in [2.05, 4.69) is 6.58 Å². The highest BCUT2D eigenvalue weighted by Gasteiger charge is 2.24. The van der Waals surface area contributed by atoms with Crippen molar-refractivity contribution in [2.45, 2.75) is 39.5 Å². The summed E-state index contributed by atoms with van der Waals surface area (Å²) < 4.78 is 2.41. The number of benzene rings is 1. The van der Waals surface area contributed by atoms with E-state index in [-0.39, 0.29) is 37.7 Å². The van der Waals surface area contributed by atoms with E-state index in [1.54, 1.807) is 24.1 Å². The minimum atomic E-state index is -0.871. The third-order valence-corrected chi connectivity index (χ3v) is 4.97. The van der Waals surface area contributed by atoms with Gasteiger partial charge in [-0.05, 0) is 30.0 Å². The zero-order valence-electron chi connectivity index (χ0n) is 17.0. The van der Waals surface area contributed by atoms with Gasteiger partial charge in [0.25, 0.3) is 5.56 Å². The van der Waals surface area contributed by atoms with Crippen LogP contribution in [0.3, 0.4) is 0 Å². The highest BCUT2D eigenvalue weighted by atomic mass is 35.5. The molecule has 0 saturated carbocycles. The molecule has 0 aliphatic rings. The molecule has 1 aromatic carbocycles. The van der Waals surface area contributed by atoms with Crippen molar-refractivity contribution < 1.29 is 10.2 Å². The van der Waals surface area contributed by atoms with E-state index >= 15 is 0 Å². The van der Waals surface area contributed by atoms with Gasteiger partial charge in [-0.15, -0.1) is 0 Å². The Bertz CT molecular complexity index is 963. The summed E-state index contributed by atoms with van der Waals surface area (Å²) in [7, 11) is 1.56. The zero-order chi connectivity index (χ0) is 21.7. The van der Waals surface area contributed by atoms with Crippen LogP contribution in [0.15, 0.2) is 52.3 Å². The lowest BCUT2D eigenvalue weighted by Gasteiger charge is -2.31. The summed E-state index contributed by atoms with van der Waals surface area (Å²) in [4.78, 5) is 27.2. The molecule has 2 N–H and O–H groups in total. The van der Waals surface area contributed by atoms with Crippen LogP contribution >= 0.6 is 11.6 Å². The monoisotopic (exact) mass is 421 g/mol. The smallest absolute Gasteiger partial charge is 0.330 e. The first kappa shape index (κ1) is 22.9. The van der Waals surface area contributed by atoms with Gasteiger partial charge in [0.1, 0.15) is 5.69 Å². The number of halogens is 1. The van der Waals surface area contributed by atoms with Crippen molar-refractivity contribution >= 4 is 17.3 Å². The van der Waals surface area contributed by atoms with Gasteiger partial charge in [-0.25, -0.2) is 4.79 Å². The maximum atomic E-state index is 13.1. The van der Waals surface area contributed by atoms with Crippen molar-refractivity contribution in [1.82, 2.24) is 9.13 Å². The van der Waals surface area contributed by atoms with Crippen molar-refractivity contribution in [3.05, 3.63) is 74.2 Å². The molecule has 1 unspecified atom stereocenters. The molecule has 29 heavy (non-hydrogen) atoms. The SMILES string of the molecule is C=C(C(O)C(C)C)N(Cc1ccc(Cl)cc1)c1cn(C)c(=O)n(CCCO)c1=O. The topological polar surface area (TPSA) is 87.7 Å². The molecule has 0 amide bonds. The minimum absolute atomic E-state index is 0.101. The van der Waals surface area contributed by atoms with E-state index in [0.717, 1.165) is 10.1 Å². The normalized spacial score (nSPS) is 12.2. The summed E-state index contributed by atoms with van der Waals surface area (Å²) in [6, 6.07) is 7.15. The van der Waals surface area contributed by atoms with Gasteiger partial charge in [0.15, 0.2) is 0 Å². The van der Waals surface area contributed by atoms with Crippen molar-refractivity contribution in [2.75, 3.05) is 11.5 Å². The largest absolute Gasteiger partial charge is 0.396 e. The summed E-state index contributed by atoms with van der Waals surface area (Å²) >= 11 is 5.97.